The van der Waals surface area contributed by atoms with Gasteiger partial charge >= 0.3 is 0 Å². The number of hydrogen-bond acceptors (Lipinski definition) is 3. The topological polar surface area (TPSA) is 47.6 Å². The van der Waals surface area contributed by atoms with Crippen molar-refractivity contribution in [1.29, 1.82) is 0 Å². The van der Waals surface area contributed by atoms with E-state index in [1.165, 1.54) is 0 Å². The van der Waals surface area contributed by atoms with Crippen LogP contribution in [0.4, 0.5) is 0 Å². The molecule has 1 aromatic carbocycles. The van der Waals surface area contributed by atoms with Gasteiger partial charge in [-0.05, 0) is 44.9 Å². The quantitative estimate of drug-likeness (QED) is 0.666. The molecule has 1 amide bonds. The van der Waals surface area contributed by atoms with Crippen molar-refractivity contribution in [3.63, 3.8) is 0 Å². The number of benzene rings is 1. The van der Waals surface area contributed by atoms with Gasteiger partial charge in [0.1, 0.15) is 5.75 Å². The second-order valence-electron chi connectivity index (χ2n) is 5.44. The number of carbonyl (C=O) groups excluding carboxylic acids is 1. The smallest absolute Gasteiger partial charge is 0.251 e. The highest BCUT2D eigenvalue weighted by atomic mass is 16.5. The first kappa shape index (κ1) is 18.5. The molecule has 0 aliphatic rings. The minimum Gasteiger partial charge on any atom is -0.494 e. The van der Waals surface area contributed by atoms with Crippen molar-refractivity contribution in [2.45, 2.75) is 59.6 Å². The van der Waals surface area contributed by atoms with E-state index in [0.717, 1.165) is 37.2 Å². The summed E-state index contributed by atoms with van der Waals surface area (Å²) in [7, 11) is 0. The molecule has 0 saturated heterocycles. The summed E-state index contributed by atoms with van der Waals surface area (Å²) in [6.45, 7) is 9.93. The lowest BCUT2D eigenvalue weighted by molar-refractivity contribution is 0.0938. The zero-order valence-corrected chi connectivity index (χ0v) is 14.3. The van der Waals surface area contributed by atoms with Crippen molar-refractivity contribution in [2.75, 3.05) is 13.2 Å². The SMILES string of the molecule is CCCCOCc1cc(C(=O)NC(C)CC)ccc1OCC. The van der Waals surface area contributed by atoms with Crippen LogP contribution in [0.15, 0.2) is 18.2 Å². The zero-order valence-electron chi connectivity index (χ0n) is 14.3. The molecule has 1 aromatic rings. The highest BCUT2D eigenvalue weighted by molar-refractivity contribution is 5.94. The lowest BCUT2D eigenvalue weighted by Gasteiger charge is -2.14. The first-order valence-corrected chi connectivity index (χ1v) is 8.26. The van der Waals surface area contributed by atoms with E-state index in [-0.39, 0.29) is 11.9 Å². The predicted octanol–water partition coefficient (Wildman–Crippen LogP) is 3.93. The Hall–Kier alpha value is -1.55. The standard InChI is InChI=1S/C18H29NO3/c1-5-8-11-21-13-16-12-15(9-10-17(16)22-7-3)18(20)19-14(4)6-2/h9-10,12,14H,5-8,11,13H2,1-4H3,(H,19,20). The van der Waals surface area contributed by atoms with Crippen molar-refractivity contribution in [2.24, 2.45) is 0 Å². The lowest BCUT2D eigenvalue weighted by Crippen LogP contribution is -2.31. The number of carbonyl (C=O) groups is 1. The molecule has 22 heavy (non-hydrogen) atoms. The number of unbranched alkanes of at least 4 members (excludes halogenated alkanes) is 1. The molecule has 0 radical (unpaired) electrons. The van der Waals surface area contributed by atoms with Crippen LogP contribution in [0.3, 0.4) is 0 Å². The van der Waals surface area contributed by atoms with Gasteiger partial charge in [0.15, 0.2) is 0 Å². The zero-order chi connectivity index (χ0) is 16.4. The molecule has 0 spiro atoms. The average molecular weight is 307 g/mol. The Labute approximate surface area is 134 Å². The summed E-state index contributed by atoms with van der Waals surface area (Å²) >= 11 is 0. The van der Waals surface area contributed by atoms with E-state index in [9.17, 15) is 4.79 Å². The molecule has 1 atom stereocenters. The number of ether oxygens (including phenoxy) is 2. The Morgan fingerprint density at radius 2 is 2.05 bits per heavy atom. The molecule has 0 aliphatic heterocycles. The molecule has 4 nitrogen and oxygen atoms in total. The van der Waals surface area contributed by atoms with Gasteiger partial charge in [0.05, 0.1) is 13.2 Å². The van der Waals surface area contributed by atoms with E-state index < -0.39 is 0 Å². The fraction of sp³-hybridized carbons (Fsp3) is 0.611. The molecule has 0 saturated carbocycles. The summed E-state index contributed by atoms with van der Waals surface area (Å²) < 4.78 is 11.3. The van der Waals surface area contributed by atoms with E-state index in [0.29, 0.717) is 18.8 Å². The third-order valence-corrected chi connectivity index (χ3v) is 3.51. The van der Waals surface area contributed by atoms with Gasteiger partial charge in [0.25, 0.3) is 5.91 Å². The first-order valence-electron chi connectivity index (χ1n) is 8.26. The molecule has 4 heteroatoms. The third kappa shape index (κ3) is 6.06. The third-order valence-electron chi connectivity index (χ3n) is 3.51. The second-order valence-corrected chi connectivity index (χ2v) is 5.44. The first-order chi connectivity index (χ1) is 10.6. The van der Waals surface area contributed by atoms with Crippen LogP contribution in [0.1, 0.15) is 62.9 Å². The summed E-state index contributed by atoms with van der Waals surface area (Å²) in [6, 6.07) is 5.70. The Kier molecular flexibility index (Phi) is 8.60. The Balaban J connectivity index is 2.81. The van der Waals surface area contributed by atoms with Crippen molar-refractivity contribution in [3.05, 3.63) is 29.3 Å². The highest BCUT2D eigenvalue weighted by Gasteiger charge is 2.12. The predicted molar refractivity (Wildman–Crippen MR) is 89.4 cm³/mol. The minimum absolute atomic E-state index is 0.0489. The molecule has 0 fully saturated rings. The van der Waals surface area contributed by atoms with Crippen molar-refractivity contribution < 1.29 is 14.3 Å². The van der Waals surface area contributed by atoms with Gasteiger partial charge in [0, 0.05) is 23.8 Å². The maximum absolute atomic E-state index is 12.2. The molecular formula is C18H29NO3. The summed E-state index contributed by atoms with van der Waals surface area (Å²) in [5.74, 6) is 0.742. The van der Waals surface area contributed by atoms with Gasteiger partial charge < -0.3 is 14.8 Å². The molecule has 1 N–H and O–H groups in total. The van der Waals surface area contributed by atoms with Gasteiger partial charge in [0.2, 0.25) is 0 Å². The molecule has 0 bridgehead atoms. The second kappa shape index (κ2) is 10.2. The Bertz CT molecular complexity index is 460. The van der Waals surface area contributed by atoms with Crippen LogP contribution in [-0.2, 0) is 11.3 Å². The van der Waals surface area contributed by atoms with Gasteiger partial charge in [-0.15, -0.1) is 0 Å². The minimum atomic E-state index is -0.0489. The van der Waals surface area contributed by atoms with Crippen LogP contribution >= 0.6 is 0 Å². The van der Waals surface area contributed by atoms with Crippen LogP contribution in [0.25, 0.3) is 0 Å². The van der Waals surface area contributed by atoms with Crippen LogP contribution in [-0.4, -0.2) is 25.2 Å². The maximum atomic E-state index is 12.2. The fourth-order valence-electron chi connectivity index (χ4n) is 1.97. The molecule has 0 heterocycles. The van der Waals surface area contributed by atoms with Crippen molar-refractivity contribution in [1.82, 2.24) is 5.32 Å². The van der Waals surface area contributed by atoms with Crippen LogP contribution in [0.5, 0.6) is 5.75 Å². The number of nitrogens with one attached hydrogen (secondary N) is 1. The Morgan fingerprint density at radius 3 is 2.68 bits per heavy atom. The maximum Gasteiger partial charge on any atom is 0.251 e. The molecule has 124 valence electrons. The van der Waals surface area contributed by atoms with Crippen LogP contribution in [0, 0.1) is 0 Å². The van der Waals surface area contributed by atoms with E-state index >= 15 is 0 Å². The number of hydrogen-bond donors (Lipinski definition) is 1. The van der Waals surface area contributed by atoms with E-state index in [4.69, 9.17) is 9.47 Å². The van der Waals surface area contributed by atoms with Gasteiger partial charge in [-0.3, -0.25) is 4.79 Å². The lowest BCUT2D eigenvalue weighted by atomic mass is 10.1. The molecule has 1 unspecified atom stereocenters. The van der Waals surface area contributed by atoms with Crippen molar-refractivity contribution >= 4 is 5.91 Å². The van der Waals surface area contributed by atoms with Crippen molar-refractivity contribution in [3.8, 4) is 5.75 Å². The molecule has 0 aliphatic carbocycles. The van der Waals surface area contributed by atoms with Crippen LogP contribution < -0.4 is 10.1 Å². The summed E-state index contributed by atoms with van der Waals surface area (Å²) in [5.41, 5.74) is 1.58. The highest BCUT2D eigenvalue weighted by Crippen LogP contribution is 2.21. The van der Waals surface area contributed by atoms with Crippen LogP contribution in [0.2, 0.25) is 0 Å². The van der Waals surface area contributed by atoms with Gasteiger partial charge in [-0.1, -0.05) is 20.3 Å². The van der Waals surface area contributed by atoms with Gasteiger partial charge in [-0.25, -0.2) is 0 Å². The summed E-state index contributed by atoms with van der Waals surface area (Å²) in [6.07, 6.45) is 3.06. The summed E-state index contributed by atoms with van der Waals surface area (Å²) in [5, 5.41) is 2.98. The molecular weight excluding hydrogens is 278 g/mol. The molecule has 0 aromatic heterocycles. The Morgan fingerprint density at radius 1 is 1.27 bits per heavy atom. The monoisotopic (exact) mass is 307 g/mol. The van der Waals surface area contributed by atoms with E-state index in [1.807, 2.05) is 26.0 Å². The van der Waals surface area contributed by atoms with E-state index in [1.54, 1.807) is 6.07 Å². The fourth-order valence-corrected chi connectivity index (χ4v) is 1.97. The largest absolute Gasteiger partial charge is 0.494 e. The number of amides is 1. The van der Waals surface area contributed by atoms with Gasteiger partial charge in [-0.2, -0.15) is 0 Å². The number of rotatable bonds is 10. The summed E-state index contributed by atoms with van der Waals surface area (Å²) in [4.78, 5) is 12.2. The van der Waals surface area contributed by atoms with E-state index in [2.05, 4.69) is 19.2 Å². The molecule has 1 rings (SSSR count). The normalized spacial score (nSPS) is 12.0. The average Bonchev–Trinajstić information content (AvgIpc) is 2.52.